The van der Waals surface area contributed by atoms with Crippen molar-refractivity contribution in [2.45, 2.75) is 39.8 Å². The number of hydrogen-bond acceptors (Lipinski definition) is 6. The molecule has 3 heterocycles. The van der Waals surface area contributed by atoms with Gasteiger partial charge in [-0.3, -0.25) is 14.2 Å². The minimum absolute atomic E-state index is 0.00548. The van der Waals surface area contributed by atoms with Crippen molar-refractivity contribution >= 4 is 39.1 Å². The molecule has 0 atom stereocenters. The highest BCUT2D eigenvalue weighted by molar-refractivity contribution is 7.18. The van der Waals surface area contributed by atoms with Gasteiger partial charge in [-0.05, 0) is 24.5 Å². The number of thiophene rings is 1. The normalized spacial score (nSPS) is 13.3. The number of aromatic nitrogens is 2. The maximum Gasteiger partial charge on any atom is 0.336 e. The molecule has 2 aromatic heterocycles. The average Bonchev–Trinajstić information content (AvgIpc) is 3.15. The van der Waals surface area contributed by atoms with Crippen molar-refractivity contribution in [3.63, 3.8) is 0 Å². The van der Waals surface area contributed by atoms with Crippen molar-refractivity contribution in [3.8, 4) is 17.2 Å². The largest absolute Gasteiger partial charge is 0.495 e. The summed E-state index contributed by atoms with van der Waals surface area (Å²) in [6, 6.07) is 3.08. The van der Waals surface area contributed by atoms with Gasteiger partial charge >= 0.3 is 5.69 Å². The van der Waals surface area contributed by atoms with Crippen molar-refractivity contribution in [2.24, 2.45) is 0 Å². The van der Waals surface area contributed by atoms with E-state index in [1.165, 1.54) is 38.5 Å². The molecule has 0 radical (unpaired) electrons. The zero-order valence-corrected chi connectivity index (χ0v) is 19.9. The number of halogens is 1. The van der Waals surface area contributed by atoms with E-state index in [-0.39, 0.29) is 16.6 Å². The van der Waals surface area contributed by atoms with Gasteiger partial charge in [0.05, 0.1) is 36.9 Å². The van der Waals surface area contributed by atoms with E-state index in [1.807, 2.05) is 6.92 Å². The predicted octanol–water partition coefficient (Wildman–Crippen LogP) is 3.20. The summed E-state index contributed by atoms with van der Waals surface area (Å²) in [6.07, 6.45) is 1.28. The van der Waals surface area contributed by atoms with Crippen LogP contribution in [0.2, 0.25) is 5.02 Å². The first-order chi connectivity index (χ1) is 15.3. The lowest BCUT2D eigenvalue weighted by molar-refractivity contribution is -0.129. The Morgan fingerprint density at radius 2 is 1.91 bits per heavy atom. The van der Waals surface area contributed by atoms with E-state index >= 15 is 0 Å². The highest BCUT2D eigenvalue weighted by Gasteiger charge is 2.28. The number of amides is 1. The van der Waals surface area contributed by atoms with Gasteiger partial charge in [-0.1, -0.05) is 18.5 Å². The van der Waals surface area contributed by atoms with Crippen LogP contribution in [0.4, 0.5) is 0 Å². The van der Waals surface area contributed by atoms with Gasteiger partial charge in [0.15, 0.2) is 0 Å². The van der Waals surface area contributed by atoms with Gasteiger partial charge in [0.1, 0.15) is 16.3 Å². The second-order valence-electron chi connectivity index (χ2n) is 7.61. The number of carbonyl (C=O) groups is 1. The van der Waals surface area contributed by atoms with Gasteiger partial charge in [-0.2, -0.15) is 0 Å². The number of aryl methyl sites for hydroxylation is 1. The lowest BCUT2D eigenvalue weighted by Gasteiger charge is -2.25. The Morgan fingerprint density at radius 1 is 1.19 bits per heavy atom. The zero-order valence-electron chi connectivity index (χ0n) is 18.4. The Balaban J connectivity index is 2.06. The van der Waals surface area contributed by atoms with Crippen molar-refractivity contribution < 1.29 is 14.3 Å². The van der Waals surface area contributed by atoms with Gasteiger partial charge in [-0.25, -0.2) is 9.36 Å². The summed E-state index contributed by atoms with van der Waals surface area (Å²) in [5, 5.41) is 0.788. The van der Waals surface area contributed by atoms with Gasteiger partial charge in [-0.15, -0.1) is 11.3 Å². The van der Waals surface area contributed by atoms with E-state index in [0.29, 0.717) is 47.8 Å². The molecule has 0 unspecified atom stereocenters. The highest BCUT2D eigenvalue weighted by Crippen LogP contribution is 2.36. The maximum atomic E-state index is 13.7. The van der Waals surface area contributed by atoms with E-state index in [4.69, 9.17) is 21.1 Å². The fourth-order valence-electron chi connectivity index (χ4n) is 4.13. The number of methoxy groups -OCH3 is 2. The number of ether oxygens (including phenoxy) is 2. The predicted molar refractivity (Wildman–Crippen MR) is 125 cm³/mol. The molecular weight excluding hydrogens is 454 g/mol. The lowest BCUT2D eigenvalue weighted by Crippen LogP contribution is -2.39. The zero-order chi connectivity index (χ0) is 23.2. The molecule has 1 aliphatic rings. The minimum atomic E-state index is -0.453. The topological polar surface area (TPSA) is 82.8 Å². The van der Waals surface area contributed by atoms with Crippen LogP contribution in [0, 0.1) is 0 Å². The molecule has 32 heavy (non-hydrogen) atoms. The van der Waals surface area contributed by atoms with Crippen LogP contribution in [0.25, 0.3) is 15.9 Å². The third-order valence-electron chi connectivity index (χ3n) is 5.71. The number of rotatable bonds is 5. The molecule has 1 amide bonds. The van der Waals surface area contributed by atoms with Crippen LogP contribution in [0.15, 0.2) is 21.7 Å². The fourth-order valence-corrected chi connectivity index (χ4v) is 5.74. The molecule has 0 bridgehead atoms. The molecule has 8 nitrogen and oxygen atoms in total. The van der Waals surface area contributed by atoms with Crippen LogP contribution in [0.1, 0.15) is 30.7 Å². The van der Waals surface area contributed by atoms with Gasteiger partial charge in [0.25, 0.3) is 5.56 Å². The number of carbonyl (C=O) groups excluding carboxylic acids is 1. The first-order valence-electron chi connectivity index (χ1n) is 10.3. The summed E-state index contributed by atoms with van der Waals surface area (Å²) >= 11 is 7.75. The number of fused-ring (bicyclic) bond motifs is 3. The van der Waals surface area contributed by atoms with Crippen LogP contribution in [-0.2, 0) is 24.3 Å². The van der Waals surface area contributed by atoms with Crippen molar-refractivity contribution in [1.82, 2.24) is 14.0 Å². The summed E-state index contributed by atoms with van der Waals surface area (Å²) < 4.78 is 13.5. The monoisotopic (exact) mass is 477 g/mol. The molecule has 10 heteroatoms. The SMILES string of the molecule is CCCn1c(=O)n(-c2cc(Cl)c(OC)cc2OC)c(=O)c2c3c(sc21)CN(C(C)=O)CC3. The summed E-state index contributed by atoms with van der Waals surface area (Å²) in [6.45, 7) is 4.96. The Hall–Kier alpha value is -2.78. The van der Waals surface area contributed by atoms with Crippen LogP contribution < -0.4 is 20.7 Å². The fraction of sp³-hybridized carbons (Fsp3) is 0.409. The van der Waals surface area contributed by atoms with Gasteiger partial charge in [0.2, 0.25) is 5.91 Å². The third kappa shape index (κ3) is 3.49. The smallest absolute Gasteiger partial charge is 0.336 e. The van der Waals surface area contributed by atoms with Crippen LogP contribution in [-0.4, -0.2) is 40.7 Å². The molecule has 0 spiro atoms. The quantitative estimate of drug-likeness (QED) is 0.563. The van der Waals surface area contributed by atoms with E-state index in [0.717, 1.165) is 21.4 Å². The molecule has 3 aromatic rings. The number of benzene rings is 1. The molecule has 0 fully saturated rings. The van der Waals surface area contributed by atoms with Crippen LogP contribution >= 0.6 is 22.9 Å². The standard InChI is InChI=1S/C22H24ClN3O5S/c1-5-7-25-21-19(13-6-8-24(12(2)27)11-18(13)32-21)20(28)26(22(25)29)15-9-14(23)16(30-3)10-17(15)31-4/h9-10H,5-8,11H2,1-4H3. The van der Waals surface area contributed by atoms with Gasteiger partial charge in [0, 0.05) is 31.0 Å². The van der Waals surface area contributed by atoms with E-state index < -0.39 is 11.2 Å². The first-order valence-corrected chi connectivity index (χ1v) is 11.5. The number of hydrogen-bond donors (Lipinski definition) is 0. The van der Waals surface area contributed by atoms with E-state index in [2.05, 4.69) is 0 Å². The molecule has 0 aliphatic carbocycles. The summed E-state index contributed by atoms with van der Waals surface area (Å²) in [4.78, 5) is 42.5. The Bertz CT molecular complexity index is 1340. The molecule has 0 N–H and O–H groups in total. The van der Waals surface area contributed by atoms with Crippen LogP contribution in [0.5, 0.6) is 11.5 Å². The van der Waals surface area contributed by atoms with Crippen molar-refractivity contribution in [3.05, 3.63) is 48.4 Å². The molecule has 4 rings (SSSR count). The van der Waals surface area contributed by atoms with Crippen molar-refractivity contribution in [1.29, 1.82) is 0 Å². The van der Waals surface area contributed by atoms with Gasteiger partial charge < -0.3 is 14.4 Å². The molecule has 0 saturated carbocycles. The van der Waals surface area contributed by atoms with E-state index in [1.54, 1.807) is 15.5 Å². The Labute approximate surface area is 193 Å². The van der Waals surface area contributed by atoms with Crippen molar-refractivity contribution in [2.75, 3.05) is 20.8 Å². The summed E-state index contributed by atoms with van der Waals surface area (Å²) in [5.74, 6) is 0.682. The molecule has 1 aromatic carbocycles. The second kappa shape index (κ2) is 8.63. The minimum Gasteiger partial charge on any atom is -0.495 e. The Kier molecular flexibility index (Phi) is 6.05. The number of nitrogens with zero attached hydrogens (tertiary/aromatic N) is 3. The lowest BCUT2D eigenvalue weighted by atomic mass is 10.1. The Morgan fingerprint density at radius 3 is 2.53 bits per heavy atom. The maximum absolute atomic E-state index is 13.7. The first kappa shape index (κ1) is 22.4. The summed E-state index contributed by atoms with van der Waals surface area (Å²) in [5.41, 5.74) is 0.308. The third-order valence-corrected chi connectivity index (χ3v) is 7.24. The molecular formula is C22H24ClN3O5S. The molecule has 1 aliphatic heterocycles. The van der Waals surface area contributed by atoms with E-state index in [9.17, 15) is 14.4 Å². The van der Waals surface area contributed by atoms with Crippen LogP contribution in [0.3, 0.4) is 0 Å². The molecule has 0 saturated heterocycles. The molecule has 170 valence electrons. The summed E-state index contributed by atoms with van der Waals surface area (Å²) in [7, 11) is 2.94. The average molecular weight is 478 g/mol. The highest BCUT2D eigenvalue weighted by atomic mass is 35.5. The second-order valence-corrected chi connectivity index (χ2v) is 9.10.